The Balaban J connectivity index is 1.21. The Morgan fingerprint density at radius 3 is 2.62 bits per heavy atom. The van der Waals surface area contributed by atoms with Crippen LogP contribution < -0.4 is 15.1 Å². The second kappa shape index (κ2) is 11.7. The Bertz CT molecular complexity index is 1540. The predicted molar refractivity (Wildman–Crippen MR) is 147 cm³/mol. The summed E-state index contributed by atoms with van der Waals surface area (Å²) in [7, 11) is 1.40. The van der Waals surface area contributed by atoms with Gasteiger partial charge in [-0.25, -0.2) is 9.59 Å². The molecule has 1 fully saturated rings. The van der Waals surface area contributed by atoms with E-state index in [1.54, 1.807) is 32.0 Å². The molecule has 42 heavy (non-hydrogen) atoms. The van der Waals surface area contributed by atoms with Gasteiger partial charge in [0.25, 0.3) is 0 Å². The lowest BCUT2D eigenvalue weighted by Crippen LogP contribution is -2.61. The molecule has 224 valence electrons. The molecule has 6 atom stereocenters. The highest BCUT2D eigenvalue weighted by Gasteiger charge is 2.48. The first kappa shape index (κ1) is 29.5. The van der Waals surface area contributed by atoms with E-state index in [2.05, 4.69) is 0 Å². The lowest BCUT2D eigenvalue weighted by molar-refractivity contribution is -0.329. The van der Waals surface area contributed by atoms with Crippen molar-refractivity contribution in [3.63, 3.8) is 0 Å². The summed E-state index contributed by atoms with van der Waals surface area (Å²) in [5, 5.41) is 42.0. The highest BCUT2D eigenvalue weighted by molar-refractivity contribution is 5.87. The maximum absolute atomic E-state index is 12.3. The molecule has 1 aromatic heterocycles. The van der Waals surface area contributed by atoms with Crippen LogP contribution in [0.15, 0.2) is 57.8 Å². The standard InChI is InChI=1S/C30H32O12/c1-30(2,23-12-17-11-16-6-9-25(33)40-19(16)13-20(17)39-23)42-29-28(36)27(35)26(34)22(41-29)14-38-24(32)8-5-15-4-7-18(31)21(10-15)37-3/h4-11,13,22-23,26-29,31,34-36H,12,14H2,1-3H3. The number of benzene rings is 2. The first-order valence-electron chi connectivity index (χ1n) is 13.3. The van der Waals surface area contributed by atoms with Crippen LogP contribution in [0.1, 0.15) is 25.0 Å². The molecule has 0 saturated carbocycles. The summed E-state index contributed by atoms with van der Waals surface area (Å²) in [5.74, 6) is -0.0347. The minimum atomic E-state index is -1.64. The molecule has 0 spiro atoms. The van der Waals surface area contributed by atoms with Gasteiger partial charge in [0, 0.05) is 30.0 Å². The molecule has 6 unspecified atom stereocenters. The Hall–Kier alpha value is -3.94. The number of esters is 1. The second-order valence-electron chi connectivity index (χ2n) is 10.7. The van der Waals surface area contributed by atoms with Crippen molar-refractivity contribution in [2.75, 3.05) is 13.7 Å². The Morgan fingerprint density at radius 1 is 1.07 bits per heavy atom. The number of aliphatic hydroxyl groups excluding tert-OH is 3. The van der Waals surface area contributed by atoms with Crippen LogP contribution in [-0.2, 0) is 25.4 Å². The Labute approximate surface area is 240 Å². The molecule has 2 aliphatic rings. The van der Waals surface area contributed by atoms with E-state index in [9.17, 15) is 30.0 Å². The highest BCUT2D eigenvalue weighted by Crippen LogP contribution is 2.38. The van der Waals surface area contributed by atoms with Gasteiger partial charge in [-0.1, -0.05) is 6.07 Å². The summed E-state index contributed by atoms with van der Waals surface area (Å²) in [4.78, 5) is 23.9. The minimum absolute atomic E-state index is 0.0474. The quantitative estimate of drug-likeness (QED) is 0.172. The molecule has 12 nitrogen and oxygen atoms in total. The number of hydrogen-bond donors (Lipinski definition) is 4. The molecule has 0 radical (unpaired) electrons. The molecular formula is C30H32O12. The summed E-state index contributed by atoms with van der Waals surface area (Å²) in [6, 6.07) is 11.0. The smallest absolute Gasteiger partial charge is 0.336 e. The van der Waals surface area contributed by atoms with Gasteiger partial charge in [0.15, 0.2) is 17.8 Å². The number of carbonyl (C=O) groups is 1. The number of aromatic hydroxyl groups is 1. The van der Waals surface area contributed by atoms with Gasteiger partial charge < -0.3 is 48.5 Å². The molecular weight excluding hydrogens is 552 g/mol. The lowest BCUT2D eigenvalue weighted by atomic mass is 9.95. The fraction of sp³-hybridized carbons (Fsp3) is 0.400. The van der Waals surface area contributed by atoms with E-state index in [-0.39, 0.29) is 11.5 Å². The van der Waals surface area contributed by atoms with E-state index in [1.807, 2.05) is 6.07 Å². The van der Waals surface area contributed by atoms with Crippen molar-refractivity contribution >= 4 is 23.0 Å². The number of phenols is 1. The van der Waals surface area contributed by atoms with Crippen molar-refractivity contribution in [1.82, 2.24) is 0 Å². The zero-order valence-electron chi connectivity index (χ0n) is 23.1. The lowest BCUT2D eigenvalue weighted by Gasteiger charge is -2.43. The molecule has 3 aromatic rings. The van der Waals surface area contributed by atoms with Crippen molar-refractivity contribution < 1.29 is 53.3 Å². The van der Waals surface area contributed by atoms with Gasteiger partial charge in [0.05, 0.1) is 7.11 Å². The van der Waals surface area contributed by atoms with Crippen LogP contribution in [0.2, 0.25) is 0 Å². The van der Waals surface area contributed by atoms with E-state index >= 15 is 0 Å². The van der Waals surface area contributed by atoms with Crippen LogP contribution >= 0.6 is 0 Å². The van der Waals surface area contributed by atoms with Crippen molar-refractivity contribution in [3.8, 4) is 17.2 Å². The van der Waals surface area contributed by atoms with Gasteiger partial charge >= 0.3 is 11.6 Å². The average Bonchev–Trinajstić information content (AvgIpc) is 3.39. The molecule has 5 rings (SSSR count). The Morgan fingerprint density at radius 2 is 1.86 bits per heavy atom. The van der Waals surface area contributed by atoms with Gasteiger partial charge in [-0.15, -0.1) is 0 Å². The zero-order chi connectivity index (χ0) is 30.2. The number of aliphatic hydroxyl groups is 3. The third kappa shape index (κ3) is 6.13. The topological polar surface area (TPSA) is 174 Å². The first-order chi connectivity index (χ1) is 19.9. The number of rotatable bonds is 8. The van der Waals surface area contributed by atoms with Gasteiger partial charge in [-0.05, 0) is 55.3 Å². The molecule has 0 amide bonds. The van der Waals surface area contributed by atoms with E-state index in [4.69, 9.17) is 28.1 Å². The van der Waals surface area contributed by atoms with Crippen molar-refractivity contribution in [2.45, 2.75) is 62.7 Å². The molecule has 12 heteroatoms. The van der Waals surface area contributed by atoms with Crippen LogP contribution in [-0.4, -0.2) is 82.5 Å². The van der Waals surface area contributed by atoms with Gasteiger partial charge in [-0.3, -0.25) is 0 Å². The summed E-state index contributed by atoms with van der Waals surface area (Å²) in [5.41, 5.74) is 0.299. The summed E-state index contributed by atoms with van der Waals surface area (Å²) < 4.78 is 33.4. The van der Waals surface area contributed by atoms with Gasteiger partial charge in [0.1, 0.15) is 54.1 Å². The third-order valence-electron chi connectivity index (χ3n) is 7.35. The van der Waals surface area contributed by atoms with Crippen molar-refractivity contribution in [3.05, 3.63) is 70.1 Å². The van der Waals surface area contributed by atoms with Crippen molar-refractivity contribution in [2.24, 2.45) is 0 Å². The number of hydrogen-bond acceptors (Lipinski definition) is 12. The van der Waals surface area contributed by atoms with E-state index in [0.717, 1.165) is 17.0 Å². The Kier molecular flexibility index (Phi) is 8.26. The molecule has 0 bridgehead atoms. The normalized spacial score (nSPS) is 25.8. The van der Waals surface area contributed by atoms with Gasteiger partial charge in [0.2, 0.25) is 0 Å². The van der Waals surface area contributed by atoms with Crippen LogP contribution in [0.3, 0.4) is 0 Å². The fourth-order valence-electron chi connectivity index (χ4n) is 4.90. The summed E-state index contributed by atoms with van der Waals surface area (Å²) in [6.45, 7) is 3.03. The molecule has 2 aliphatic heterocycles. The molecule has 3 heterocycles. The SMILES string of the molecule is COc1cc(C=CC(=O)OCC2OC(OC(C)(C)C3Cc4cc5ccc(=O)oc5cc4O3)C(O)C(O)C2O)ccc1O. The molecule has 1 saturated heterocycles. The molecule has 0 aliphatic carbocycles. The number of fused-ring (bicyclic) bond motifs is 2. The molecule has 4 N–H and O–H groups in total. The monoisotopic (exact) mass is 584 g/mol. The number of ether oxygens (including phenoxy) is 5. The van der Waals surface area contributed by atoms with Crippen LogP contribution in [0.25, 0.3) is 17.0 Å². The number of phenolic OH excluding ortho intramolecular Hbond substituents is 1. The van der Waals surface area contributed by atoms with Crippen LogP contribution in [0, 0.1) is 0 Å². The predicted octanol–water partition coefficient (Wildman–Crippen LogP) is 1.67. The van der Waals surface area contributed by atoms with E-state index < -0.39 is 60.6 Å². The number of carbonyl (C=O) groups excluding carboxylic acids is 1. The largest absolute Gasteiger partial charge is 0.504 e. The van der Waals surface area contributed by atoms with E-state index in [0.29, 0.717) is 23.3 Å². The second-order valence-corrected chi connectivity index (χ2v) is 10.7. The summed E-state index contributed by atoms with van der Waals surface area (Å²) >= 11 is 0. The zero-order valence-corrected chi connectivity index (χ0v) is 23.1. The third-order valence-corrected chi connectivity index (χ3v) is 7.35. The minimum Gasteiger partial charge on any atom is -0.504 e. The fourth-order valence-corrected chi connectivity index (χ4v) is 4.90. The first-order valence-corrected chi connectivity index (χ1v) is 13.3. The van der Waals surface area contributed by atoms with Crippen LogP contribution in [0.4, 0.5) is 0 Å². The molecule has 2 aromatic carbocycles. The van der Waals surface area contributed by atoms with Crippen molar-refractivity contribution in [1.29, 1.82) is 0 Å². The summed E-state index contributed by atoms with van der Waals surface area (Å²) in [6.07, 6.45) is -4.87. The maximum Gasteiger partial charge on any atom is 0.336 e. The average molecular weight is 585 g/mol. The number of methoxy groups -OCH3 is 1. The highest BCUT2D eigenvalue weighted by atomic mass is 16.7. The maximum atomic E-state index is 12.3. The van der Waals surface area contributed by atoms with Gasteiger partial charge in [-0.2, -0.15) is 0 Å². The van der Waals surface area contributed by atoms with E-state index in [1.165, 1.54) is 31.4 Å². The van der Waals surface area contributed by atoms with Crippen LogP contribution in [0.5, 0.6) is 17.2 Å².